The first-order chi connectivity index (χ1) is 21.9. The third kappa shape index (κ3) is 11.1. The van der Waals surface area contributed by atoms with Crippen LogP contribution in [0.25, 0.3) is 11.2 Å². The minimum Gasteiger partial charge on any atom is -0.464 e. The zero-order chi connectivity index (χ0) is 35.0. The SMILES string of the molecule is CCCCCCOC(=O)C(C)(C)NP(=O)(CO[C@H](C)Cn1cnc2c(N)ncnc21)NC(C)(C)C(=O)O[C@H]1CC[C@H](C(F)(F)F)CC1. The van der Waals surface area contributed by atoms with Gasteiger partial charge in [-0.2, -0.15) is 13.2 Å². The summed E-state index contributed by atoms with van der Waals surface area (Å²) in [5, 5.41) is 5.71. The molecule has 17 heteroatoms. The van der Waals surface area contributed by atoms with Crippen LogP contribution in [-0.4, -0.2) is 73.9 Å². The summed E-state index contributed by atoms with van der Waals surface area (Å²) in [6.07, 6.45) is 0.361. The van der Waals surface area contributed by atoms with Gasteiger partial charge in [-0.1, -0.05) is 26.2 Å². The second-order valence-corrected chi connectivity index (χ2v) is 15.4. The van der Waals surface area contributed by atoms with Gasteiger partial charge in [0.25, 0.3) is 0 Å². The lowest BCUT2D eigenvalue weighted by Gasteiger charge is -2.37. The molecule has 0 saturated heterocycles. The van der Waals surface area contributed by atoms with Gasteiger partial charge in [0.15, 0.2) is 11.5 Å². The Morgan fingerprint density at radius 2 is 1.66 bits per heavy atom. The second-order valence-electron chi connectivity index (χ2n) is 13.3. The molecule has 2 atom stereocenters. The lowest BCUT2D eigenvalue weighted by Crippen LogP contribution is -2.54. The van der Waals surface area contributed by atoms with Crippen LogP contribution < -0.4 is 15.9 Å². The number of imidazole rings is 1. The molecular formula is C30H49F3N7O6P. The number of ether oxygens (including phenoxy) is 3. The molecule has 1 unspecified atom stereocenters. The first-order valence-corrected chi connectivity index (χ1v) is 17.9. The van der Waals surface area contributed by atoms with Crippen molar-refractivity contribution in [3.05, 3.63) is 12.7 Å². The maximum atomic E-state index is 14.5. The number of carbonyl (C=O) groups excluding carboxylic acids is 2. The maximum absolute atomic E-state index is 14.5. The highest BCUT2D eigenvalue weighted by molar-refractivity contribution is 7.59. The molecule has 13 nitrogen and oxygen atoms in total. The Bertz CT molecular complexity index is 1400. The summed E-state index contributed by atoms with van der Waals surface area (Å²) >= 11 is 0. The highest BCUT2D eigenvalue weighted by Crippen LogP contribution is 2.43. The van der Waals surface area contributed by atoms with Crippen molar-refractivity contribution in [1.82, 2.24) is 29.7 Å². The van der Waals surface area contributed by atoms with Crippen LogP contribution in [0.1, 0.15) is 92.9 Å². The predicted octanol–water partition coefficient (Wildman–Crippen LogP) is 5.49. The van der Waals surface area contributed by atoms with E-state index < -0.39 is 61.1 Å². The van der Waals surface area contributed by atoms with E-state index in [0.717, 1.165) is 19.3 Å². The smallest absolute Gasteiger partial charge is 0.391 e. The van der Waals surface area contributed by atoms with E-state index in [1.807, 2.05) is 0 Å². The number of esters is 2. The second kappa shape index (κ2) is 16.1. The minimum atomic E-state index is -4.29. The third-order valence-electron chi connectivity index (χ3n) is 8.01. The summed E-state index contributed by atoms with van der Waals surface area (Å²) in [7, 11) is -3.95. The van der Waals surface area contributed by atoms with E-state index in [1.54, 1.807) is 11.5 Å². The Morgan fingerprint density at radius 1 is 1.02 bits per heavy atom. The van der Waals surface area contributed by atoms with Crippen molar-refractivity contribution in [2.24, 2.45) is 5.92 Å². The number of nitrogens with two attached hydrogens (primary N) is 1. The van der Waals surface area contributed by atoms with Crippen LogP contribution >= 0.6 is 7.44 Å². The van der Waals surface area contributed by atoms with Gasteiger partial charge >= 0.3 is 18.1 Å². The van der Waals surface area contributed by atoms with Gasteiger partial charge in [0.2, 0.25) is 7.44 Å². The van der Waals surface area contributed by atoms with Crippen LogP contribution in [0, 0.1) is 5.92 Å². The van der Waals surface area contributed by atoms with Gasteiger partial charge in [0.1, 0.15) is 35.4 Å². The molecule has 1 aliphatic carbocycles. The topological polar surface area (TPSA) is 173 Å². The molecule has 2 aromatic heterocycles. The summed E-state index contributed by atoms with van der Waals surface area (Å²) in [5.41, 5.74) is 3.77. The van der Waals surface area contributed by atoms with Gasteiger partial charge in [-0.15, -0.1) is 0 Å². The van der Waals surface area contributed by atoms with Gasteiger partial charge in [-0.3, -0.25) is 14.2 Å². The monoisotopic (exact) mass is 691 g/mol. The average Bonchev–Trinajstić information content (AvgIpc) is 3.39. The minimum absolute atomic E-state index is 0.0686. The quantitative estimate of drug-likeness (QED) is 0.108. The van der Waals surface area contributed by atoms with Crippen molar-refractivity contribution in [1.29, 1.82) is 0 Å². The molecule has 4 N–H and O–H groups in total. The Hall–Kier alpha value is -2.81. The van der Waals surface area contributed by atoms with Crippen molar-refractivity contribution >= 4 is 36.4 Å². The van der Waals surface area contributed by atoms with Crippen molar-refractivity contribution in [2.45, 2.75) is 129 Å². The number of anilines is 1. The number of carbonyl (C=O) groups is 2. The van der Waals surface area contributed by atoms with Crippen LogP contribution in [0.2, 0.25) is 0 Å². The molecule has 2 heterocycles. The molecule has 0 radical (unpaired) electrons. The van der Waals surface area contributed by atoms with E-state index >= 15 is 0 Å². The number of nitrogen functional groups attached to an aromatic ring is 1. The van der Waals surface area contributed by atoms with Crippen molar-refractivity contribution < 1.29 is 41.5 Å². The van der Waals surface area contributed by atoms with Crippen LogP contribution in [0.5, 0.6) is 0 Å². The number of alkyl halides is 3. The molecular weight excluding hydrogens is 642 g/mol. The molecule has 1 aliphatic rings. The van der Waals surface area contributed by atoms with Crippen molar-refractivity contribution in [3.63, 3.8) is 0 Å². The van der Waals surface area contributed by atoms with E-state index in [2.05, 4.69) is 32.1 Å². The zero-order valence-corrected chi connectivity index (χ0v) is 29.0. The molecule has 0 aromatic carbocycles. The van der Waals surface area contributed by atoms with Crippen LogP contribution in [0.15, 0.2) is 12.7 Å². The van der Waals surface area contributed by atoms with Crippen LogP contribution in [-0.2, 0) is 34.9 Å². The number of aromatic nitrogens is 4. The third-order valence-corrected chi connectivity index (χ3v) is 10.4. The first kappa shape index (κ1) is 38.6. The van der Waals surface area contributed by atoms with Crippen LogP contribution in [0.3, 0.4) is 0 Å². The molecule has 266 valence electrons. The van der Waals surface area contributed by atoms with E-state index in [9.17, 15) is 27.3 Å². The molecule has 1 fully saturated rings. The van der Waals surface area contributed by atoms with Crippen LogP contribution in [0.4, 0.5) is 19.0 Å². The average molecular weight is 692 g/mol. The van der Waals surface area contributed by atoms with Gasteiger partial charge < -0.3 is 24.5 Å². The molecule has 0 spiro atoms. The highest BCUT2D eigenvalue weighted by atomic mass is 31.2. The fraction of sp³-hybridized carbons (Fsp3) is 0.767. The Kier molecular flexibility index (Phi) is 13.2. The molecule has 3 rings (SSSR count). The largest absolute Gasteiger partial charge is 0.464 e. The van der Waals surface area contributed by atoms with E-state index in [4.69, 9.17) is 19.9 Å². The Labute approximate surface area is 273 Å². The number of nitrogens with one attached hydrogen (secondary N) is 2. The lowest BCUT2D eigenvalue weighted by atomic mass is 9.87. The summed E-state index contributed by atoms with van der Waals surface area (Å²) in [5.74, 6) is -2.62. The Morgan fingerprint density at radius 3 is 2.28 bits per heavy atom. The summed E-state index contributed by atoms with van der Waals surface area (Å²) in [6.45, 7) is 10.2. The summed E-state index contributed by atoms with van der Waals surface area (Å²) in [6, 6.07) is 0. The molecule has 1 saturated carbocycles. The maximum Gasteiger partial charge on any atom is 0.391 e. The normalized spacial score (nSPS) is 19.7. The van der Waals surface area contributed by atoms with Gasteiger partial charge in [-0.05, 0) is 66.7 Å². The molecule has 0 bridgehead atoms. The fourth-order valence-corrected chi connectivity index (χ4v) is 8.00. The highest BCUT2D eigenvalue weighted by Gasteiger charge is 2.45. The van der Waals surface area contributed by atoms with Gasteiger partial charge in [0, 0.05) is 0 Å². The number of fused-ring (bicyclic) bond motifs is 1. The summed E-state index contributed by atoms with van der Waals surface area (Å²) in [4.78, 5) is 38.7. The van der Waals surface area contributed by atoms with Gasteiger partial charge in [-0.25, -0.2) is 25.1 Å². The van der Waals surface area contributed by atoms with Gasteiger partial charge in [0.05, 0.1) is 31.5 Å². The first-order valence-electron chi connectivity index (χ1n) is 16.0. The van der Waals surface area contributed by atoms with E-state index in [0.29, 0.717) is 17.6 Å². The summed E-state index contributed by atoms with van der Waals surface area (Å²) < 4.78 is 72.7. The zero-order valence-electron chi connectivity index (χ0n) is 28.1. The van der Waals surface area contributed by atoms with Crippen molar-refractivity contribution in [2.75, 3.05) is 18.7 Å². The Balaban J connectivity index is 1.72. The predicted molar refractivity (Wildman–Crippen MR) is 170 cm³/mol. The number of hydrogen-bond donors (Lipinski definition) is 3. The standard InChI is InChI=1S/C30H49F3N7O6P/c1-7-8-9-10-15-44-26(41)28(3,4)38-47(43,19-45-20(2)16-40-18-37-23-24(34)35-17-36-25(23)40)39-29(5,6)27(42)46-22-13-11-21(12-14-22)30(31,32)33/h17-18,20-22H,7-16,19H2,1-6H3,(H2,34,35,36)(H2,38,39,43)/t20-,21-,22-,47?/m1/s1. The fourth-order valence-electron chi connectivity index (χ4n) is 5.36. The molecule has 2 aromatic rings. The lowest BCUT2D eigenvalue weighted by molar-refractivity contribution is -0.189. The van der Waals surface area contributed by atoms with Crippen molar-refractivity contribution in [3.8, 4) is 0 Å². The molecule has 0 aliphatic heterocycles. The number of halogens is 3. The number of unbranched alkanes of at least 4 members (excludes halogenated alkanes) is 3. The number of rotatable bonds is 17. The molecule has 47 heavy (non-hydrogen) atoms. The number of hydrogen-bond acceptors (Lipinski definition) is 10. The molecule has 0 amide bonds. The van der Waals surface area contributed by atoms with E-state index in [1.165, 1.54) is 40.3 Å². The number of nitrogens with zero attached hydrogens (tertiary/aromatic N) is 4. The van der Waals surface area contributed by atoms with E-state index in [-0.39, 0.29) is 44.7 Å².